The SMILES string of the molecule is CCOC(=O)C(CO)N(F)C(=O)c1cccc2ccccc12. The van der Waals surface area contributed by atoms with E-state index in [1.165, 1.54) is 6.07 Å². The van der Waals surface area contributed by atoms with Gasteiger partial charge in [-0.3, -0.25) is 4.79 Å². The summed E-state index contributed by atoms with van der Waals surface area (Å²) in [5.74, 6) is -1.98. The summed E-state index contributed by atoms with van der Waals surface area (Å²) >= 11 is 0. The molecule has 1 N–H and O–H groups in total. The van der Waals surface area contributed by atoms with Gasteiger partial charge in [0.2, 0.25) is 0 Å². The summed E-state index contributed by atoms with van der Waals surface area (Å²) in [6.45, 7) is 0.735. The van der Waals surface area contributed by atoms with Crippen molar-refractivity contribution in [2.45, 2.75) is 13.0 Å². The van der Waals surface area contributed by atoms with Crippen LogP contribution in [0, 0.1) is 0 Å². The van der Waals surface area contributed by atoms with Gasteiger partial charge < -0.3 is 9.84 Å². The van der Waals surface area contributed by atoms with Crippen molar-refractivity contribution >= 4 is 22.6 Å². The van der Waals surface area contributed by atoms with Crippen molar-refractivity contribution in [3.8, 4) is 0 Å². The van der Waals surface area contributed by atoms with E-state index >= 15 is 0 Å². The number of nitrogens with zero attached hydrogens (tertiary/aromatic N) is 1. The summed E-state index contributed by atoms with van der Waals surface area (Å²) in [6.07, 6.45) is 0. The lowest BCUT2D eigenvalue weighted by Gasteiger charge is -2.20. The average Bonchev–Trinajstić information content (AvgIpc) is 2.54. The molecule has 0 fully saturated rings. The van der Waals surface area contributed by atoms with Gasteiger partial charge >= 0.3 is 5.97 Å². The summed E-state index contributed by atoms with van der Waals surface area (Å²) in [5.41, 5.74) is 0.114. The third-order valence-corrected chi connectivity index (χ3v) is 3.22. The molecule has 0 saturated carbocycles. The summed E-state index contributed by atoms with van der Waals surface area (Å²) in [7, 11) is 0. The molecule has 2 aromatic carbocycles. The minimum absolute atomic E-state index is 0.0334. The van der Waals surface area contributed by atoms with Crippen LogP contribution in [0.1, 0.15) is 17.3 Å². The van der Waals surface area contributed by atoms with Crippen LogP contribution in [0.5, 0.6) is 0 Å². The number of carbonyl (C=O) groups is 2. The van der Waals surface area contributed by atoms with E-state index in [0.717, 1.165) is 5.39 Å². The van der Waals surface area contributed by atoms with Crippen LogP contribution in [0.25, 0.3) is 10.8 Å². The second-order valence-electron chi connectivity index (χ2n) is 4.59. The number of aliphatic hydroxyl groups excluding tert-OH is 1. The molecule has 1 atom stereocenters. The lowest BCUT2D eigenvalue weighted by molar-refractivity contribution is -0.156. The molecule has 0 aliphatic carbocycles. The zero-order valence-electron chi connectivity index (χ0n) is 12.0. The fourth-order valence-electron chi connectivity index (χ4n) is 2.15. The van der Waals surface area contributed by atoms with Gasteiger partial charge in [-0.2, -0.15) is 5.12 Å². The molecule has 116 valence electrons. The molecular weight excluding hydrogens is 289 g/mol. The first kappa shape index (κ1) is 15.9. The molecule has 2 rings (SSSR count). The molecule has 0 aliphatic rings. The monoisotopic (exact) mass is 305 g/mol. The molecule has 0 spiro atoms. The summed E-state index contributed by atoms with van der Waals surface area (Å²) < 4.78 is 18.9. The van der Waals surface area contributed by atoms with Crippen molar-refractivity contribution in [2.75, 3.05) is 13.2 Å². The third kappa shape index (κ3) is 3.07. The Morgan fingerprint density at radius 2 is 1.91 bits per heavy atom. The highest BCUT2D eigenvalue weighted by atomic mass is 19.2. The van der Waals surface area contributed by atoms with E-state index in [4.69, 9.17) is 5.11 Å². The quantitative estimate of drug-likeness (QED) is 0.678. The molecular formula is C16H16FNO4. The highest BCUT2D eigenvalue weighted by Gasteiger charge is 2.32. The van der Waals surface area contributed by atoms with Gasteiger partial charge in [-0.15, -0.1) is 0 Å². The average molecular weight is 305 g/mol. The Bertz CT molecular complexity index is 683. The maximum absolute atomic E-state index is 14.3. The van der Waals surface area contributed by atoms with Gasteiger partial charge in [0.15, 0.2) is 6.04 Å². The molecule has 1 unspecified atom stereocenters. The van der Waals surface area contributed by atoms with Crippen LogP contribution < -0.4 is 0 Å². The van der Waals surface area contributed by atoms with E-state index in [-0.39, 0.29) is 17.3 Å². The van der Waals surface area contributed by atoms with Gasteiger partial charge in [-0.05, 0) is 23.8 Å². The summed E-state index contributed by atoms with van der Waals surface area (Å²) in [6, 6.07) is 10.2. The Hall–Kier alpha value is -2.47. The number of carbonyl (C=O) groups excluding carboxylic acids is 2. The maximum atomic E-state index is 14.3. The fraction of sp³-hybridized carbons (Fsp3) is 0.250. The van der Waals surface area contributed by atoms with Gasteiger partial charge in [0.25, 0.3) is 5.91 Å². The maximum Gasteiger partial charge on any atom is 0.334 e. The van der Waals surface area contributed by atoms with Crippen molar-refractivity contribution in [1.29, 1.82) is 0 Å². The molecule has 0 bridgehead atoms. The van der Waals surface area contributed by atoms with Gasteiger partial charge in [-0.25, -0.2) is 4.79 Å². The van der Waals surface area contributed by atoms with E-state index in [1.54, 1.807) is 43.3 Å². The van der Waals surface area contributed by atoms with Crippen molar-refractivity contribution < 1.29 is 23.9 Å². The zero-order chi connectivity index (χ0) is 16.1. The van der Waals surface area contributed by atoms with E-state index < -0.39 is 24.5 Å². The highest BCUT2D eigenvalue weighted by molar-refractivity contribution is 6.07. The van der Waals surface area contributed by atoms with Crippen molar-refractivity contribution in [3.05, 3.63) is 48.0 Å². The lowest BCUT2D eigenvalue weighted by Crippen LogP contribution is -2.43. The molecule has 0 saturated heterocycles. The van der Waals surface area contributed by atoms with Crippen LogP contribution in [0.3, 0.4) is 0 Å². The Morgan fingerprint density at radius 3 is 2.59 bits per heavy atom. The Balaban J connectivity index is 2.34. The van der Waals surface area contributed by atoms with Crippen molar-refractivity contribution in [2.24, 2.45) is 0 Å². The van der Waals surface area contributed by atoms with E-state index in [9.17, 15) is 14.1 Å². The van der Waals surface area contributed by atoms with E-state index in [2.05, 4.69) is 4.74 Å². The molecule has 6 heteroatoms. The summed E-state index contributed by atoms with van der Waals surface area (Å²) in [4.78, 5) is 23.9. The topological polar surface area (TPSA) is 66.8 Å². The molecule has 5 nitrogen and oxygen atoms in total. The van der Waals surface area contributed by atoms with Gasteiger partial charge in [0, 0.05) is 5.56 Å². The molecule has 0 aliphatic heterocycles. The molecule has 0 radical (unpaired) electrons. The standard InChI is InChI=1S/C16H16FNO4/c1-2-22-16(21)14(10-19)18(17)15(20)13-9-5-7-11-6-3-4-8-12(11)13/h3-9,14,19H,2,10H2,1H3. The fourth-order valence-corrected chi connectivity index (χ4v) is 2.15. The van der Waals surface area contributed by atoms with Crippen molar-refractivity contribution in [3.63, 3.8) is 0 Å². The highest BCUT2D eigenvalue weighted by Crippen LogP contribution is 2.21. The van der Waals surface area contributed by atoms with Gasteiger partial charge in [0.1, 0.15) is 0 Å². The minimum atomic E-state index is -1.67. The predicted octanol–water partition coefficient (Wildman–Crippen LogP) is 2.09. The van der Waals surface area contributed by atoms with Crippen LogP contribution in [-0.2, 0) is 9.53 Å². The van der Waals surface area contributed by atoms with Crippen LogP contribution in [-0.4, -0.2) is 41.4 Å². The lowest BCUT2D eigenvalue weighted by atomic mass is 10.0. The van der Waals surface area contributed by atoms with Crippen LogP contribution in [0.2, 0.25) is 0 Å². The predicted molar refractivity (Wildman–Crippen MR) is 78.7 cm³/mol. The molecule has 22 heavy (non-hydrogen) atoms. The number of benzene rings is 2. The zero-order valence-corrected chi connectivity index (χ0v) is 12.0. The Kier molecular flexibility index (Phi) is 5.06. The number of amides is 1. The Labute approximate surface area is 126 Å². The number of aliphatic hydroxyl groups is 1. The first-order chi connectivity index (χ1) is 10.6. The van der Waals surface area contributed by atoms with Crippen LogP contribution in [0.15, 0.2) is 42.5 Å². The first-order valence-electron chi connectivity index (χ1n) is 6.84. The van der Waals surface area contributed by atoms with Crippen LogP contribution in [0.4, 0.5) is 4.48 Å². The number of halogens is 1. The molecule has 2 aromatic rings. The third-order valence-electron chi connectivity index (χ3n) is 3.22. The van der Waals surface area contributed by atoms with E-state index in [0.29, 0.717) is 5.39 Å². The molecule has 1 amide bonds. The number of fused-ring (bicyclic) bond motifs is 1. The molecule has 0 aromatic heterocycles. The smallest absolute Gasteiger partial charge is 0.334 e. The van der Waals surface area contributed by atoms with Crippen molar-refractivity contribution in [1.82, 2.24) is 5.12 Å². The van der Waals surface area contributed by atoms with Gasteiger partial charge in [0.05, 0.1) is 13.2 Å². The largest absolute Gasteiger partial charge is 0.464 e. The second kappa shape index (κ2) is 7.00. The number of hydrogen-bond donors (Lipinski definition) is 1. The first-order valence-corrected chi connectivity index (χ1v) is 6.84. The number of ether oxygens (including phenoxy) is 1. The number of esters is 1. The normalized spacial score (nSPS) is 12.0. The van der Waals surface area contributed by atoms with Crippen LogP contribution >= 0.6 is 0 Å². The van der Waals surface area contributed by atoms with Gasteiger partial charge in [-0.1, -0.05) is 40.9 Å². The molecule has 0 heterocycles. The van der Waals surface area contributed by atoms with E-state index in [1.807, 2.05) is 0 Å². The Morgan fingerprint density at radius 1 is 1.23 bits per heavy atom. The second-order valence-corrected chi connectivity index (χ2v) is 4.59. The number of rotatable bonds is 5. The number of hydrogen-bond acceptors (Lipinski definition) is 4. The minimum Gasteiger partial charge on any atom is -0.464 e. The summed E-state index contributed by atoms with van der Waals surface area (Å²) in [5, 5.41) is 10.2.